The monoisotopic (exact) mass is 199 g/mol. The first-order chi connectivity index (χ1) is 7.20. The quantitative estimate of drug-likeness (QED) is 0.649. The van der Waals surface area contributed by atoms with Crippen LogP contribution in [0.25, 0.3) is 6.08 Å². The summed E-state index contributed by atoms with van der Waals surface area (Å²) in [6.45, 7) is 11.7. The van der Waals surface area contributed by atoms with Crippen molar-refractivity contribution in [3.05, 3.63) is 54.2 Å². The third-order valence-electron chi connectivity index (χ3n) is 2.32. The molecule has 0 atom stereocenters. The van der Waals surface area contributed by atoms with E-state index in [2.05, 4.69) is 44.1 Å². The zero-order valence-corrected chi connectivity index (χ0v) is 9.40. The normalized spacial score (nSPS) is 10.9. The summed E-state index contributed by atoms with van der Waals surface area (Å²) in [6.07, 6.45) is 5.25. The van der Waals surface area contributed by atoms with Crippen LogP contribution in [-0.4, -0.2) is 6.21 Å². The van der Waals surface area contributed by atoms with Gasteiger partial charge in [-0.3, -0.25) is 4.99 Å². The summed E-state index contributed by atoms with van der Waals surface area (Å²) in [7, 11) is 0. The van der Waals surface area contributed by atoms with Gasteiger partial charge in [0.2, 0.25) is 0 Å². The van der Waals surface area contributed by atoms with Crippen LogP contribution in [-0.2, 0) is 0 Å². The van der Waals surface area contributed by atoms with Gasteiger partial charge in [-0.2, -0.15) is 0 Å². The third kappa shape index (κ3) is 2.66. The van der Waals surface area contributed by atoms with Crippen LogP contribution >= 0.6 is 0 Å². The van der Waals surface area contributed by atoms with E-state index < -0.39 is 0 Å². The van der Waals surface area contributed by atoms with E-state index in [1.54, 1.807) is 6.20 Å². The van der Waals surface area contributed by atoms with Gasteiger partial charge in [-0.15, -0.1) is 0 Å². The molecule has 0 saturated heterocycles. The summed E-state index contributed by atoms with van der Waals surface area (Å²) in [5.41, 5.74) is 3.55. The van der Waals surface area contributed by atoms with Crippen molar-refractivity contribution in [3.63, 3.8) is 0 Å². The van der Waals surface area contributed by atoms with E-state index >= 15 is 0 Å². The molecule has 0 radical (unpaired) electrons. The minimum Gasteiger partial charge on any atom is -0.265 e. The SMILES string of the molecule is C=CN=Cc1c(C=C)cccc1C(C)C. The molecule has 0 unspecified atom stereocenters. The molecule has 0 aliphatic carbocycles. The minimum absolute atomic E-state index is 0.483. The maximum absolute atomic E-state index is 4.08. The Labute approximate surface area is 91.9 Å². The van der Waals surface area contributed by atoms with Crippen LogP contribution in [0.2, 0.25) is 0 Å². The molecule has 0 aliphatic heterocycles. The van der Waals surface area contributed by atoms with Crippen LogP contribution in [0, 0.1) is 0 Å². The fraction of sp³-hybridized carbons (Fsp3) is 0.214. The number of hydrogen-bond acceptors (Lipinski definition) is 1. The average molecular weight is 199 g/mol. The Morgan fingerprint density at radius 1 is 1.27 bits per heavy atom. The smallest absolute Gasteiger partial charge is 0.0348 e. The molecule has 0 saturated carbocycles. The third-order valence-corrected chi connectivity index (χ3v) is 2.32. The van der Waals surface area contributed by atoms with Crippen molar-refractivity contribution in [1.82, 2.24) is 0 Å². The Morgan fingerprint density at radius 3 is 2.53 bits per heavy atom. The summed E-state index contributed by atoms with van der Waals surface area (Å²) in [5.74, 6) is 0.483. The molecule has 15 heavy (non-hydrogen) atoms. The van der Waals surface area contributed by atoms with Crippen molar-refractivity contribution in [2.24, 2.45) is 4.99 Å². The second-order valence-corrected chi connectivity index (χ2v) is 3.67. The van der Waals surface area contributed by atoms with Crippen molar-refractivity contribution in [2.75, 3.05) is 0 Å². The molecule has 0 spiro atoms. The van der Waals surface area contributed by atoms with Gasteiger partial charge in [0.1, 0.15) is 0 Å². The van der Waals surface area contributed by atoms with E-state index in [1.165, 1.54) is 5.56 Å². The lowest BCUT2D eigenvalue weighted by molar-refractivity contribution is 0.864. The van der Waals surface area contributed by atoms with Gasteiger partial charge in [0.05, 0.1) is 0 Å². The van der Waals surface area contributed by atoms with Crippen molar-refractivity contribution in [3.8, 4) is 0 Å². The Bertz CT molecular complexity index is 386. The van der Waals surface area contributed by atoms with E-state index in [9.17, 15) is 0 Å². The van der Waals surface area contributed by atoms with Crippen molar-refractivity contribution in [2.45, 2.75) is 19.8 Å². The van der Waals surface area contributed by atoms with E-state index in [0.717, 1.165) is 11.1 Å². The number of hydrogen-bond donors (Lipinski definition) is 0. The fourth-order valence-corrected chi connectivity index (χ4v) is 1.56. The molecule has 1 rings (SSSR count). The van der Waals surface area contributed by atoms with Gasteiger partial charge in [-0.1, -0.05) is 51.3 Å². The Hall–Kier alpha value is -1.63. The second-order valence-electron chi connectivity index (χ2n) is 3.67. The zero-order chi connectivity index (χ0) is 11.3. The largest absolute Gasteiger partial charge is 0.265 e. The van der Waals surface area contributed by atoms with Gasteiger partial charge in [0, 0.05) is 18.0 Å². The molecule has 0 amide bonds. The molecule has 0 aliphatic rings. The molecule has 1 heteroatoms. The van der Waals surface area contributed by atoms with Gasteiger partial charge >= 0.3 is 0 Å². The van der Waals surface area contributed by atoms with Crippen LogP contribution in [0.4, 0.5) is 0 Å². The molecule has 0 N–H and O–H groups in total. The highest BCUT2D eigenvalue weighted by atomic mass is 14.7. The summed E-state index contributed by atoms with van der Waals surface area (Å²) in [4.78, 5) is 4.08. The molecule has 78 valence electrons. The highest BCUT2D eigenvalue weighted by Crippen LogP contribution is 2.22. The van der Waals surface area contributed by atoms with Crippen molar-refractivity contribution >= 4 is 12.3 Å². The number of rotatable bonds is 4. The predicted octanol–water partition coefficient (Wildman–Crippen LogP) is 4.02. The van der Waals surface area contributed by atoms with Gasteiger partial charge in [-0.25, -0.2) is 0 Å². The maximum Gasteiger partial charge on any atom is 0.0348 e. The number of aliphatic imine (C=N–C) groups is 1. The summed E-state index contributed by atoms with van der Waals surface area (Å²) < 4.78 is 0. The first-order valence-corrected chi connectivity index (χ1v) is 5.10. The lowest BCUT2D eigenvalue weighted by Crippen LogP contribution is -1.97. The standard InChI is InChI=1S/C14H17N/c1-5-12-8-7-9-13(11(3)4)14(12)10-15-6-2/h5-11H,1-2H2,3-4H3. The summed E-state index contributed by atoms with van der Waals surface area (Å²) in [6, 6.07) is 6.23. The second kappa shape index (κ2) is 5.30. The Kier molecular flexibility index (Phi) is 4.04. The van der Waals surface area contributed by atoms with E-state index in [-0.39, 0.29) is 0 Å². The van der Waals surface area contributed by atoms with Gasteiger partial charge < -0.3 is 0 Å². The van der Waals surface area contributed by atoms with E-state index in [0.29, 0.717) is 5.92 Å². The molecule has 1 aromatic carbocycles. The van der Waals surface area contributed by atoms with Crippen LogP contribution in [0.5, 0.6) is 0 Å². The zero-order valence-electron chi connectivity index (χ0n) is 9.40. The predicted molar refractivity (Wildman–Crippen MR) is 68.4 cm³/mol. The molecule has 0 fully saturated rings. The van der Waals surface area contributed by atoms with Crippen LogP contribution in [0.15, 0.2) is 42.5 Å². The van der Waals surface area contributed by atoms with Crippen LogP contribution < -0.4 is 0 Å². The minimum atomic E-state index is 0.483. The van der Waals surface area contributed by atoms with E-state index in [1.807, 2.05) is 18.4 Å². The molecule has 0 heterocycles. The topological polar surface area (TPSA) is 12.4 Å². The van der Waals surface area contributed by atoms with Gasteiger partial charge in [-0.05, 0) is 17.0 Å². The lowest BCUT2D eigenvalue weighted by Gasteiger charge is -2.11. The van der Waals surface area contributed by atoms with Crippen LogP contribution in [0.1, 0.15) is 36.5 Å². The van der Waals surface area contributed by atoms with Crippen molar-refractivity contribution in [1.29, 1.82) is 0 Å². The highest BCUT2D eigenvalue weighted by molar-refractivity contribution is 5.87. The molecule has 1 aromatic rings. The fourth-order valence-electron chi connectivity index (χ4n) is 1.56. The number of nitrogens with zero attached hydrogens (tertiary/aromatic N) is 1. The maximum atomic E-state index is 4.08. The summed E-state index contributed by atoms with van der Waals surface area (Å²) in [5, 5.41) is 0. The summed E-state index contributed by atoms with van der Waals surface area (Å²) >= 11 is 0. The highest BCUT2D eigenvalue weighted by Gasteiger charge is 2.06. The van der Waals surface area contributed by atoms with Gasteiger partial charge in [0.25, 0.3) is 0 Å². The molecule has 0 bridgehead atoms. The van der Waals surface area contributed by atoms with Gasteiger partial charge in [0.15, 0.2) is 0 Å². The average Bonchev–Trinajstić information content (AvgIpc) is 2.25. The number of benzene rings is 1. The Balaban J connectivity index is 3.32. The first kappa shape index (κ1) is 11.4. The first-order valence-electron chi connectivity index (χ1n) is 5.10. The molecule has 1 nitrogen and oxygen atoms in total. The Morgan fingerprint density at radius 2 is 2.00 bits per heavy atom. The molecular formula is C14H17N. The lowest BCUT2D eigenvalue weighted by atomic mass is 9.94. The van der Waals surface area contributed by atoms with E-state index in [4.69, 9.17) is 0 Å². The molecule has 0 aromatic heterocycles. The van der Waals surface area contributed by atoms with Crippen molar-refractivity contribution < 1.29 is 0 Å². The molecular weight excluding hydrogens is 182 g/mol. The van der Waals surface area contributed by atoms with Crippen LogP contribution in [0.3, 0.4) is 0 Å².